The zero-order valence-corrected chi connectivity index (χ0v) is 12.9. The van der Waals surface area contributed by atoms with Crippen LogP contribution in [-0.4, -0.2) is 74.5 Å². The molecule has 110 valence electrons. The van der Waals surface area contributed by atoms with Crippen LogP contribution < -0.4 is 0 Å². The van der Waals surface area contributed by atoms with Crippen LogP contribution >= 0.6 is 0 Å². The number of rotatable bonds is 10. The summed E-state index contributed by atoms with van der Waals surface area (Å²) in [6.45, 7) is 6.54. The topological polar surface area (TPSA) is 50.6 Å². The molecule has 0 aromatic heterocycles. The third-order valence-corrected chi connectivity index (χ3v) is 3.15. The van der Waals surface area contributed by atoms with Crippen molar-refractivity contribution in [3.63, 3.8) is 0 Å². The maximum Gasteiger partial charge on any atom is 0.223 e. The van der Waals surface area contributed by atoms with Crippen LogP contribution in [0.2, 0.25) is 0 Å². The normalized spacial score (nSPS) is 10.8. The van der Waals surface area contributed by atoms with Crippen LogP contribution in [0.4, 0.5) is 0 Å². The average molecular weight is 268 g/mol. The molecule has 0 aromatic rings. The Morgan fingerprint density at radius 3 is 2.32 bits per heavy atom. The van der Waals surface area contributed by atoms with E-state index in [1.807, 2.05) is 0 Å². The molecular formula is C14H28N4O. The molecule has 0 bridgehead atoms. The molecule has 5 nitrogen and oxygen atoms in total. The van der Waals surface area contributed by atoms with E-state index in [-0.39, 0.29) is 5.91 Å². The van der Waals surface area contributed by atoms with Gasteiger partial charge in [0.05, 0.1) is 12.5 Å². The maximum atomic E-state index is 11.8. The van der Waals surface area contributed by atoms with E-state index in [9.17, 15) is 4.79 Å². The Morgan fingerprint density at radius 1 is 1.11 bits per heavy atom. The van der Waals surface area contributed by atoms with Crippen LogP contribution in [0.5, 0.6) is 0 Å². The third kappa shape index (κ3) is 9.46. The Kier molecular flexibility index (Phi) is 10.1. The molecule has 0 atom stereocenters. The summed E-state index contributed by atoms with van der Waals surface area (Å²) < 4.78 is 0. The van der Waals surface area contributed by atoms with E-state index < -0.39 is 0 Å². The lowest BCUT2D eigenvalue weighted by molar-refractivity contribution is -0.130. The molecule has 0 aliphatic carbocycles. The highest BCUT2D eigenvalue weighted by Crippen LogP contribution is 1.98. The minimum Gasteiger partial charge on any atom is -0.345 e. The fourth-order valence-electron chi connectivity index (χ4n) is 1.83. The van der Waals surface area contributed by atoms with Crippen LogP contribution in [0.1, 0.15) is 26.2 Å². The number of carbonyl (C=O) groups is 1. The molecule has 0 fully saturated rings. The SMILES string of the molecule is CCN(CCCN(C)C)CCC(=O)N(C)CCC#N. The lowest BCUT2D eigenvalue weighted by Crippen LogP contribution is -2.33. The van der Waals surface area contributed by atoms with E-state index in [1.54, 1.807) is 11.9 Å². The zero-order valence-electron chi connectivity index (χ0n) is 12.9. The molecule has 19 heavy (non-hydrogen) atoms. The molecule has 0 aromatic carbocycles. The number of hydrogen-bond donors (Lipinski definition) is 0. The number of amides is 1. The molecule has 0 aliphatic rings. The molecular weight excluding hydrogens is 240 g/mol. The summed E-state index contributed by atoms with van der Waals surface area (Å²) in [5.74, 6) is 0.126. The molecule has 1 amide bonds. The van der Waals surface area contributed by atoms with Gasteiger partial charge in [-0.15, -0.1) is 0 Å². The first-order valence-corrected chi connectivity index (χ1v) is 6.99. The van der Waals surface area contributed by atoms with Gasteiger partial charge in [-0.1, -0.05) is 6.92 Å². The Morgan fingerprint density at radius 2 is 1.79 bits per heavy atom. The van der Waals surface area contributed by atoms with Crippen LogP contribution in [0.15, 0.2) is 0 Å². The average Bonchev–Trinajstić information content (AvgIpc) is 2.38. The Bertz CT molecular complexity index is 286. The first kappa shape index (κ1) is 17.9. The van der Waals surface area contributed by atoms with Crippen molar-refractivity contribution in [2.75, 3.05) is 53.9 Å². The van der Waals surface area contributed by atoms with Crippen molar-refractivity contribution in [1.29, 1.82) is 5.26 Å². The van der Waals surface area contributed by atoms with Crippen molar-refractivity contribution >= 4 is 5.91 Å². The predicted molar refractivity (Wildman–Crippen MR) is 77.8 cm³/mol. The highest BCUT2D eigenvalue weighted by atomic mass is 16.2. The van der Waals surface area contributed by atoms with Gasteiger partial charge in [0.1, 0.15) is 0 Å². The van der Waals surface area contributed by atoms with Crippen molar-refractivity contribution in [2.24, 2.45) is 0 Å². The standard InChI is InChI=1S/C14H28N4O/c1-5-18(12-7-10-16(2)3)13-8-14(19)17(4)11-6-9-15/h5-8,10-13H2,1-4H3. The fraction of sp³-hybridized carbons (Fsp3) is 0.857. The molecule has 5 heteroatoms. The number of nitriles is 1. The Hall–Kier alpha value is -1.12. The van der Waals surface area contributed by atoms with Crippen molar-refractivity contribution < 1.29 is 4.79 Å². The van der Waals surface area contributed by atoms with Gasteiger partial charge in [-0.3, -0.25) is 4.79 Å². The summed E-state index contributed by atoms with van der Waals surface area (Å²) in [5.41, 5.74) is 0. The highest BCUT2D eigenvalue weighted by Gasteiger charge is 2.10. The van der Waals surface area contributed by atoms with Gasteiger partial charge in [0.25, 0.3) is 0 Å². The van der Waals surface area contributed by atoms with E-state index >= 15 is 0 Å². The van der Waals surface area contributed by atoms with Gasteiger partial charge >= 0.3 is 0 Å². The molecule has 0 spiro atoms. The molecule has 0 radical (unpaired) electrons. The number of hydrogen-bond acceptors (Lipinski definition) is 4. The lowest BCUT2D eigenvalue weighted by atomic mass is 10.3. The minimum atomic E-state index is 0.126. The quantitative estimate of drug-likeness (QED) is 0.593. The second kappa shape index (κ2) is 10.8. The second-order valence-electron chi connectivity index (χ2n) is 5.06. The maximum absolute atomic E-state index is 11.8. The van der Waals surface area contributed by atoms with Gasteiger partial charge in [-0.2, -0.15) is 5.26 Å². The summed E-state index contributed by atoms with van der Waals surface area (Å²) in [6.07, 6.45) is 2.07. The van der Waals surface area contributed by atoms with Gasteiger partial charge in [-0.05, 0) is 40.2 Å². The van der Waals surface area contributed by atoms with E-state index in [1.165, 1.54) is 0 Å². The van der Waals surface area contributed by atoms with Gasteiger partial charge < -0.3 is 14.7 Å². The van der Waals surface area contributed by atoms with Crippen molar-refractivity contribution in [3.05, 3.63) is 0 Å². The van der Waals surface area contributed by atoms with Gasteiger partial charge in [0, 0.05) is 26.6 Å². The minimum absolute atomic E-state index is 0.126. The molecule has 0 heterocycles. The molecule has 0 unspecified atom stereocenters. The summed E-state index contributed by atoms with van der Waals surface area (Å²) >= 11 is 0. The first-order valence-electron chi connectivity index (χ1n) is 6.99. The predicted octanol–water partition coefficient (Wildman–Crippen LogP) is 1.02. The molecule has 0 saturated carbocycles. The van der Waals surface area contributed by atoms with Crippen LogP contribution in [0.3, 0.4) is 0 Å². The summed E-state index contributed by atoms with van der Waals surface area (Å²) in [6, 6.07) is 2.06. The number of carbonyl (C=O) groups excluding carboxylic acids is 1. The van der Waals surface area contributed by atoms with Gasteiger partial charge in [0.2, 0.25) is 5.91 Å². The molecule has 0 rings (SSSR count). The molecule has 0 saturated heterocycles. The Balaban J connectivity index is 3.86. The van der Waals surface area contributed by atoms with E-state index in [0.717, 1.165) is 32.6 Å². The van der Waals surface area contributed by atoms with Crippen molar-refractivity contribution in [1.82, 2.24) is 14.7 Å². The lowest BCUT2D eigenvalue weighted by Gasteiger charge is -2.22. The summed E-state index contributed by atoms with van der Waals surface area (Å²) in [5, 5.41) is 8.49. The smallest absolute Gasteiger partial charge is 0.223 e. The zero-order chi connectivity index (χ0) is 14.7. The van der Waals surface area contributed by atoms with Crippen molar-refractivity contribution in [2.45, 2.75) is 26.2 Å². The monoisotopic (exact) mass is 268 g/mol. The van der Waals surface area contributed by atoms with Crippen LogP contribution in [-0.2, 0) is 4.79 Å². The summed E-state index contributed by atoms with van der Waals surface area (Å²) in [7, 11) is 5.91. The van der Waals surface area contributed by atoms with Gasteiger partial charge in [-0.25, -0.2) is 0 Å². The van der Waals surface area contributed by atoms with E-state index in [2.05, 4.69) is 36.9 Å². The fourth-order valence-corrected chi connectivity index (χ4v) is 1.83. The van der Waals surface area contributed by atoms with Crippen LogP contribution in [0, 0.1) is 11.3 Å². The van der Waals surface area contributed by atoms with E-state index in [4.69, 9.17) is 5.26 Å². The van der Waals surface area contributed by atoms with Crippen molar-refractivity contribution in [3.8, 4) is 6.07 Å². The largest absolute Gasteiger partial charge is 0.345 e. The first-order chi connectivity index (χ1) is 9.01. The highest BCUT2D eigenvalue weighted by molar-refractivity contribution is 5.76. The summed E-state index contributed by atoms with van der Waals surface area (Å²) in [4.78, 5) is 18.0. The molecule has 0 N–H and O–H groups in total. The third-order valence-electron chi connectivity index (χ3n) is 3.15. The van der Waals surface area contributed by atoms with E-state index in [0.29, 0.717) is 19.4 Å². The van der Waals surface area contributed by atoms with Gasteiger partial charge in [0.15, 0.2) is 0 Å². The van der Waals surface area contributed by atoms with Crippen LogP contribution in [0.25, 0.3) is 0 Å². The molecule has 0 aliphatic heterocycles. The Labute approximate surface area is 117 Å². The number of nitrogens with zero attached hydrogens (tertiary/aromatic N) is 4. The second-order valence-corrected chi connectivity index (χ2v) is 5.06.